The SMILES string of the molecule is CC1CCC(NC(=O)CN2CC[C@H](O)C2)CC1. The zero-order chi connectivity index (χ0) is 12.3. The van der Waals surface area contributed by atoms with Crippen LogP contribution >= 0.6 is 0 Å². The molecule has 98 valence electrons. The molecule has 1 saturated heterocycles. The van der Waals surface area contributed by atoms with Gasteiger partial charge in [0.1, 0.15) is 0 Å². The third kappa shape index (κ3) is 3.96. The number of amides is 1. The fourth-order valence-electron chi connectivity index (χ4n) is 2.84. The smallest absolute Gasteiger partial charge is 0.234 e. The summed E-state index contributed by atoms with van der Waals surface area (Å²) in [6.07, 6.45) is 5.26. The molecule has 0 unspecified atom stereocenters. The van der Waals surface area contributed by atoms with Gasteiger partial charge in [-0.3, -0.25) is 9.69 Å². The maximum atomic E-state index is 11.8. The van der Waals surface area contributed by atoms with Crippen LogP contribution in [0.25, 0.3) is 0 Å². The quantitative estimate of drug-likeness (QED) is 0.765. The molecule has 0 spiro atoms. The summed E-state index contributed by atoms with van der Waals surface area (Å²) < 4.78 is 0. The highest BCUT2D eigenvalue weighted by Gasteiger charge is 2.24. The minimum atomic E-state index is -0.238. The van der Waals surface area contributed by atoms with Gasteiger partial charge >= 0.3 is 0 Å². The first-order valence-corrected chi connectivity index (χ1v) is 6.83. The van der Waals surface area contributed by atoms with E-state index in [0.29, 0.717) is 19.1 Å². The monoisotopic (exact) mass is 240 g/mol. The third-order valence-electron chi connectivity index (χ3n) is 4.00. The molecule has 0 bridgehead atoms. The number of aliphatic hydroxyl groups is 1. The van der Waals surface area contributed by atoms with Crippen LogP contribution in [0, 0.1) is 5.92 Å². The topological polar surface area (TPSA) is 52.6 Å². The van der Waals surface area contributed by atoms with Gasteiger partial charge in [-0.25, -0.2) is 0 Å². The number of nitrogens with zero attached hydrogens (tertiary/aromatic N) is 1. The van der Waals surface area contributed by atoms with Crippen molar-refractivity contribution in [3.05, 3.63) is 0 Å². The lowest BCUT2D eigenvalue weighted by Crippen LogP contribution is -2.43. The molecule has 2 fully saturated rings. The highest BCUT2D eigenvalue weighted by atomic mass is 16.3. The van der Waals surface area contributed by atoms with E-state index in [1.807, 2.05) is 4.90 Å². The predicted octanol–water partition coefficient (Wildman–Crippen LogP) is 0.748. The normalized spacial score (nSPS) is 34.8. The fourth-order valence-corrected chi connectivity index (χ4v) is 2.84. The molecule has 17 heavy (non-hydrogen) atoms. The molecule has 4 nitrogen and oxygen atoms in total. The van der Waals surface area contributed by atoms with E-state index in [9.17, 15) is 9.90 Å². The van der Waals surface area contributed by atoms with Gasteiger partial charge in [0.2, 0.25) is 5.91 Å². The van der Waals surface area contributed by atoms with Gasteiger partial charge in [-0.1, -0.05) is 6.92 Å². The van der Waals surface area contributed by atoms with E-state index in [2.05, 4.69) is 12.2 Å². The van der Waals surface area contributed by atoms with Gasteiger partial charge in [0.15, 0.2) is 0 Å². The third-order valence-corrected chi connectivity index (χ3v) is 4.00. The first-order chi connectivity index (χ1) is 8.13. The molecular weight excluding hydrogens is 216 g/mol. The van der Waals surface area contributed by atoms with Gasteiger partial charge in [0, 0.05) is 19.1 Å². The number of nitrogens with one attached hydrogen (secondary N) is 1. The van der Waals surface area contributed by atoms with E-state index in [0.717, 1.165) is 31.7 Å². The zero-order valence-corrected chi connectivity index (χ0v) is 10.7. The van der Waals surface area contributed by atoms with Crippen molar-refractivity contribution in [1.82, 2.24) is 10.2 Å². The molecule has 0 aromatic rings. The molecule has 1 saturated carbocycles. The van der Waals surface area contributed by atoms with E-state index in [4.69, 9.17) is 0 Å². The average Bonchev–Trinajstić information content (AvgIpc) is 2.67. The van der Waals surface area contributed by atoms with Gasteiger partial charge in [-0.2, -0.15) is 0 Å². The molecule has 2 rings (SSSR count). The van der Waals surface area contributed by atoms with Crippen LogP contribution in [0.1, 0.15) is 39.0 Å². The van der Waals surface area contributed by atoms with E-state index >= 15 is 0 Å². The molecule has 1 atom stereocenters. The summed E-state index contributed by atoms with van der Waals surface area (Å²) in [4.78, 5) is 13.9. The maximum absolute atomic E-state index is 11.8. The molecule has 0 aromatic carbocycles. The lowest BCUT2D eigenvalue weighted by Gasteiger charge is -2.27. The largest absolute Gasteiger partial charge is 0.392 e. The predicted molar refractivity (Wildman–Crippen MR) is 66.6 cm³/mol. The summed E-state index contributed by atoms with van der Waals surface area (Å²) in [6, 6.07) is 0.381. The average molecular weight is 240 g/mol. The van der Waals surface area contributed by atoms with Gasteiger partial charge in [-0.15, -0.1) is 0 Å². The molecule has 4 heteroatoms. The Balaban J connectivity index is 1.67. The van der Waals surface area contributed by atoms with E-state index in [1.54, 1.807) is 0 Å². The number of hydrogen-bond acceptors (Lipinski definition) is 3. The number of aliphatic hydroxyl groups excluding tert-OH is 1. The lowest BCUT2D eigenvalue weighted by molar-refractivity contribution is -0.123. The van der Waals surface area contributed by atoms with E-state index < -0.39 is 0 Å². The minimum absolute atomic E-state index is 0.124. The summed E-state index contributed by atoms with van der Waals surface area (Å²) in [5.41, 5.74) is 0. The number of carbonyl (C=O) groups is 1. The van der Waals surface area contributed by atoms with Crippen LogP contribution in [-0.4, -0.2) is 47.7 Å². The second-order valence-electron chi connectivity index (χ2n) is 5.70. The van der Waals surface area contributed by atoms with Crippen LogP contribution in [0.15, 0.2) is 0 Å². The Hall–Kier alpha value is -0.610. The number of carbonyl (C=O) groups excluding carboxylic acids is 1. The molecule has 2 aliphatic rings. The van der Waals surface area contributed by atoms with Crippen molar-refractivity contribution in [1.29, 1.82) is 0 Å². The standard InChI is InChI=1S/C13H24N2O2/c1-10-2-4-11(5-3-10)14-13(17)9-15-7-6-12(16)8-15/h10-12,16H,2-9H2,1H3,(H,14,17)/t10?,11?,12-/m0/s1. The summed E-state index contributed by atoms with van der Waals surface area (Å²) >= 11 is 0. The Morgan fingerprint density at radius 3 is 2.59 bits per heavy atom. The number of likely N-dealkylation sites (tertiary alicyclic amines) is 1. The van der Waals surface area contributed by atoms with Crippen LogP contribution in [0.2, 0.25) is 0 Å². The summed E-state index contributed by atoms with van der Waals surface area (Å²) in [6.45, 7) is 4.22. The highest BCUT2D eigenvalue weighted by Crippen LogP contribution is 2.23. The van der Waals surface area contributed by atoms with Gasteiger partial charge < -0.3 is 10.4 Å². The van der Waals surface area contributed by atoms with Crippen LogP contribution in [0.5, 0.6) is 0 Å². The fraction of sp³-hybridized carbons (Fsp3) is 0.923. The first-order valence-electron chi connectivity index (χ1n) is 6.83. The molecule has 0 radical (unpaired) electrons. The summed E-state index contributed by atoms with van der Waals surface area (Å²) in [5, 5.41) is 12.5. The second-order valence-corrected chi connectivity index (χ2v) is 5.70. The van der Waals surface area contributed by atoms with Crippen molar-refractivity contribution in [3.8, 4) is 0 Å². The number of hydrogen-bond donors (Lipinski definition) is 2. The van der Waals surface area contributed by atoms with Crippen molar-refractivity contribution in [3.63, 3.8) is 0 Å². The number of β-amino-alcohol motifs (C(OH)–C–C–N with tert-alkyl or cyclic N) is 1. The Bertz CT molecular complexity index is 262. The van der Waals surface area contributed by atoms with Crippen LogP contribution in [0.4, 0.5) is 0 Å². The molecule has 0 aromatic heterocycles. The van der Waals surface area contributed by atoms with Crippen molar-refractivity contribution in [2.75, 3.05) is 19.6 Å². The van der Waals surface area contributed by atoms with Crippen LogP contribution in [-0.2, 0) is 4.79 Å². The maximum Gasteiger partial charge on any atom is 0.234 e. The van der Waals surface area contributed by atoms with Crippen molar-refractivity contribution in [2.45, 2.75) is 51.2 Å². The Kier molecular flexibility index (Phi) is 4.40. The molecule has 1 aliphatic heterocycles. The van der Waals surface area contributed by atoms with Crippen molar-refractivity contribution < 1.29 is 9.90 Å². The highest BCUT2D eigenvalue weighted by molar-refractivity contribution is 5.78. The van der Waals surface area contributed by atoms with Crippen molar-refractivity contribution in [2.24, 2.45) is 5.92 Å². The molecule has 1 heterocycles. The van der Waals surface area contributed by atoms with Crippen molar-refractivity contribution >= 4 is 5.91 Å². The van der Waals surface area contributed by atoms with Gasteiger partial charge in [0.25, 0.3) is 0 Å². The van der Waals surface area contributed by atoms with E-state index in [-0.39, 0.29) is 12.0 Å². The molecular formula is C13H24N2O2. The Labute approximate surface area is 103 Å². The summed E-state index contributed by atoms with van der Waals surface area (Å²) in [5.74, 6) is 0.940. The Morgan fingerprint density at radius 1 is 1.29 bits per heavy atom. The Morgan fingerprint density at radius 2 is 2.00 bits per heavy atom. The molecule has 1 amide bonds. The first kappa shape index (κ1) is 12.8. The van der Waals surface area contributed by atoms with Gasteiger partial charge in [-0.05, 0) is 38.0 Å². The van der Waals surface area contributed by atoms with Crippen LogP contribution in [0.3, 0.4) is 0 Å². The lowest BCUT2D eigenvalue weighted by atomic mass is 9.87. The minimum Gasteiger partial charge on any atom is -0.392 e. The number of rotatable bonds is 3. The second kappa shape index (κ2) is 5.83. The van der Waals surface area contributed by atoms with Crippen LogP contribution < -0.4 is 5.32 Å². The molecule has 1 aliphatic carbocycles. The van der Waals surface area contributed by atoms with Gasteiger partial charge in [0.05, 0.1) is 12.6 Å². The summed E-state index contributed by atoms with van der Waals surface area (Å²) in [7, 11) is 0. The molecule has 2 N–H and O–H groups in total. The van der Waals surface area contributed by atoms with E-state index in [1.165, 1.54) is 12.8 Å². The zero-order valence-electron chi connectivity index (χ0n) is 10.7.